The maximum Gasteiger partial charge on any atom is 0.299 e. The second kappa shape index (κ2) is 9.62. The normalized spacial score (nSPS) is 11.1. The highest BCUT2D eigenvalue weighted by molar-refractivity contribution is 6.33. The van der Waals surface area contributed by atoms with Gasteiger partial charge in [0, 0.05) is 26.6 Å². The molecular formula is C27H15Cl2N5O2. The number of pyridine rings is 1. The first-order chi connectivity index (χ1) is 17.5. The lowest BCUT2D eigenvalue weighted by molar-refractivity contribution is 0.802. The van der Waals surface area contributed by atoms with Crippen LogP contribution in [0, 0.1) is 11.3 Å². The molecule has 7 nitrogen and oxygen atoms in total. The average molecular weight is 512 g/mol. The van der Waals surface area contributed by atoms with Crippen LogP contribution in [0.5, 0.6) is 0 Å². The summed E-state index contributed by atoms with van der Waals surface area (Å²) < 4.78 is 2.18. The topological polar surface area (TPSA) is 93.0 Å². The summed E-state index contributed by atoms with van der Waals surface area (Å²) in [6, 6.07) is 26.0. The smallest absolute Gasteiger partial charge is 0.266 e. The summed E-state index contributed by atoms with van der Waals surface area (Å²) in [6.07, 6.45) is 1.45. The molecule has 0 radical (unpaired) electrons. The van der Waals surface area contributed by atoms with Gasteiger partial charge in [-0.25, -0.2) is 0 Å². The fourth-order valence-electron chi connectivity index (χ4n) is 3.77. The monoisotopic (exact) mass is 511 g/mol. The van der Waals surface area contributed by atoms with E-state index >= 15 is 0 Å². The summed E-state index contributed by atoms with van der Waals surface area (Å²) >= 11 is 12.7. The molecule has 0 bridgehead atoms. The number of para-hydroxylation sites is 1. The first-order valence-electron chi connectivity index (χ1n) is 10.7. The third-order valence-electron chi connectivity index (χ3n) is 5.51. The summed E-state index contributed by atoms with van der Waals surface area (Å²) in [4.78, 5) is 27.0. The van der Waals surface area contributed by atoms with E-state index in [1.807, 2.05) is 6.07 Å². The van der Waals surface area contributed by atoms with E-state index in [0.29, 0.717) is 26.9 Å². The largest absolute Gasteiger partial charge is 0.299 e. The van der Waals surface area contributed by atoms with Crippen molar-refractivity contribution in [2.75, 3.05) is 0 Å². The van der Waals surface area contributed by atoms with Crippen molar-refractivity contribution in [2.24, 2.45) is 5.10 Å². The Morgan fingerprint density at radius 1 is 0.861 bits per heavy atom. The minimum atomic E-state index is -0.641. The van der Waals surface area contributed by atoms with Gasteiger partial charge in [0.2, 0.25) is 0 Å². The zero-order valence-corrected chi connectivity index (χ0v) is 20.0. The Morgan fingerprint density at radius 2 is 1.53 bits per heavy atom. The van der Waals surface area contributed by atoms with E-state index in [4.69, 9.17) is 23.2 Å². The van der Waals surface area contributed by atoms with Crippen LogP contribution >= 0.6 is 23.2 Å². The second-order valence-corrected chi connectivity index (χ2v) is 8.51. The van der Waals surface area contributed by atoms with Crippen LogP contribution in [0.25, 0.3) is 27.8 Å². The van der Waals surface area contributed by atoms with Crippen LogP contribution in [0.15, 0.2) is 99.6 Å². The highest BCUT2D eigenvalue weighted by Crippen LogP contribution is 2.29. The van der Waals surface area contributed by atoms with Crippen molar-refractivity contribution < 1.29 is 0 Å². The van der Waals surface area contributed by atoms with Crippen molar-refractivity contribution in [3.8, 4) is 23.0 Å². The van der Waals surface area contributed by atoms with Gasteiger partial charge in [0.1, 0.15) is 11.6 Å². The van der Waals surface area contributed by atoms with Crippen molar-refractivity contribution >= 4 is 40.3 Å². The molecule has 36 heavy (non-hydrogen) atoms. The van der Waals surface area contributed by atoms with Gasteiger partial charge in [-0.1, -0.05) is 77.8 Å². The van der Waals surface area contributed by atoms with Crippen LogP contribution in [0.2, 0.25) is 10.0 Å². The number of nitriles is 1. The molecule has 0 amide bonds. The van der Waals surface area contributed by atoms with Gasteiger partial charge in [0.25, 0.3) is 11.1 Å². The summed E-state index contributed by atoms with van der Waals surface area (Å²) in [5, 5.41) is 19.5. The summed E-state index contributed by atoms with van der Waals surface area (Å²) in [5.41, 5.74) is 0.212. The highest BCUT2D eigenvalue weighted by Gasteiger charge is 2.20. The molecular weight excluding hydrogens is 497 g/mol. The van der Waals surface area contributed by atoms with Crippen molar-refractivity contribution in [3.05, 3.63) is 127 Å². The van der Waals surface area contributed by atoms with Gasteiger partial charge in [-0.3, -0.25) is 9.59 Å². The molecule has 0 fully saturated rings. The Hall–Kier alpha value is -4.51. The van der Waals surface area contributed by atoms with Gasteiger partial charge in [-0.05, 0) is 30.3 Å². The number of halogens is 2. The van der Waals surface area contributed by atoms with Crippen LogP contribution in [-0.4, -0.2) is 20.7 Å². The SMILES string of the molecule is N#Cc1c(=O)n(-c2ccccc2)nc2c(=O)n(/N=C/c3ccccc3Cl)c(-c3ccccc3Cl)cc12. The predicted molar refractivity (Wildman–Crippen MR) is 141 cm³/mol. The number of aromatic nitrogens is 3. The molecule has 0 unspecified atom stereocenters. The first kappa shape index (κ1) is 23.2. The van der Waals surface area contributed by atoms with Crippen molar-refractivity contribution in [3.63, 3.8) is 0 Å². The lowest BCUT2D eigenvalue weighted by atomic mass is 10.1. The van der Waals surface area contributed by atoms with Crippen molar-refractivity contribution in [1.29, 1.82) is 5.26 Å². The molecule has 0 saturated carbocycles. The van der Waals surface area contributed by atoms with Gasteiger partial charge in [0.15, 0.2) is 5.52 Å². The van der Waals surface area contributed by atoms with Gasteiger partial charge < -0.3 is 0 Å². The van der Waals surface area contributed by atoms with Crippen LogP contribution in [-0.2, 0) is 0 Å². The lowest BCUT2D eigenvalue weighted by Crippen LogP contribution is -2.29. The maximum atomic E-state index is 13.8. The second-order valence-electron chi connectivity index (χ2n) is 7.69. The zero-order valence-electron chi connectivity index (χ0n) is 18.5. The minimum Gasteiger partial charge on any atom is -0.266 e. The van der Waals surface area contributed by atoms with Gasteiger partial charge in [0.05, 0.1) is 17.6 Å². The Labute approximate surface area is 214 Å². The van der Waals surface area contributed by atoms with E-state index in [-0.39, 0.29) is 22.2 Å². The third-order valence-corrected chi connectivity index (χ3v) is 6.19. The van der Waals surface area contributed by atoms with Crippen LogP contribution in [0.3, 0.4) is 0 Å². The minimum absolute atomic E-state index is 0.0953. The molecule has 2 heterocycles. The van der Waals surface area contributed by atoms with E-state index in [2.05, 4.69) is 10.2 Å². The van der Waals surface area contributed by atoms with Crippen molar-refractivity contribution in [2.45, 2.75) is 0 Å². The highest BCUT2D eigenvalue weighted by atomic mass is 35.5. The molecule has 2 aromatic heterocycles. The molecule has 0 atom stereocenters. The molecule has 5 rings (SSSR count). The average Bonchev–Trinajstić information content (AvgIpc) is 2.89. The Kier molecular flexibility index (Phi) is 6.21. The Bertz CT molecular complexity index is 1820. The molecule has 0 spiro atoms. The number of hydrogen-bond donors (Lipinski definition) is 0. The van der Waals surface area contributed by atoms with E-state index in [1.165, 1.54) is 12.3 Å². The fourth-order valence-corrected chi connectivity index (χ4v) is 4.19. The molecule has 9 heteroatoms. The van der Waals surface area contributed by atoms with Crippen molar-refractivity contribution in [1.82, 2.24) is 14.5 Å². The van der Waals surface area contributed by atoms with Crippen LogP contribution in [0.1, 0.15) is 11.1 Å². The number of fused-ring (bicyclic) bond motifs is 1. The first-order valence-corrected chi connectivity index (χ1v) is 11.5. The zero-order chi connectivity index (χ0) is 25.2. The molecule has 174 valence electrons. The van der Waals surface area contributed by atoms with E-state index in [0.717, 1.165) is 9.36 Å². The number of benzene rings is 3. The summed E-state index contributed by atoms with van der Waals surface area (Å²) in [5.74, 6) is 0. The molecule has 0 aliphatic carbocycles. The molecule has 0 saturated heterocycles. The van der Waals surface area contributed by atoms with E-state index < -0.39 is 11.1 Å². The Morgan fingerprint density at radius 3 is 2.22 bits per heavy atom. The maximum absolute atomic E-state index is 13.8. The fraction of sp³-hybridized carbons (Fsp3) is 0. The van der Waals surface area contributed by atoms with Crippen LogP contribution < -0.4 is 11.1 Å². The summed E-state index contributed by atoms with van der Waals surface area (Å²) in [6.45, 7) is 0. The number of hydrogen-bond acceptors (Lipinski definition) is 5. The standard InChI is InChI=1S/C27H15Cl2N5O2/c28-22-12-6-4-8-17(22)16-31-34-24(19-11-5-7-13-23(19)29)14-20-21(15-30)26(35)33(32-25(20)27(34)36)18-9-2-1-3-10-18/h1-14,16H/b31-16+. The third kappa shape index (κ3) is 4.09. The summed E-state index contributed by atoms with van der Waals surface area (Å²) in [7, 11) is 0. The van der Waals surface area contributed by atoms with E-state index in [1.54, 1.807) is 78.9 Å². The Balaban J connectivity index is 1.88. The molecule has 5 aromatic rings. The number of rotatable bonds is 4. The van der Waals surface area contributed by atoms with Gasteiger partial charge in [-0.2, -0.15) is 24.8 Å². The van der Waals surface area contributed by atoms with Crippen LogP contribution in [0.4, 0.5) is 0 Å². The molecule has 0 aliphatic rings. The molecule has 0 aliphatic heterocycles. The number of nitrogens with zero attached hydrogens (tertiary/aromatic N) is 5. The molecule has 3 aromatic carbocycles. The lowest BCUT2D eigenvalue weighted by Gasteiger charge is -2.13. The van der Waals surface area contributed by atoms with Gasteiger partial charge >= 0.3 is 0 Å². The molecule has 0 N–H and O–H groups in total. The van der Waals surface area contributed by atoms with E-state index in [9.17, 15) is 14.9 Å². The quantitative estimate of drug-likeness (QED) is 0.307. The van der Waals surface area contributed by atoms with Gasteiger partial charge in [-0.15, -0.1) is 0 Å². The predicted octanol–water partition coefficient (Wildman–Crippen LogP) is 5.28.